The first kappa shape index (κ1) is 30.2. The number of rotatable bonds is 8. The van der Waals surface area contributed by atoms with Crippen LogP contribution >= 0.6 is 0 Å². The highest BCUT2D eigenvalue weighted by Gasteiger charge is 2.28. The smallest absolute Gasteiger partial charge is 0.255 e. The molecule has 0 spiro atoms. The molecule has 1 aliphatic heterocycles. The van der Waals surface area contributed by atoms with Crippen LogP contribution in [-0.4, -0.2) is 80.6 Å². The van der Waals surface area contributed by atoms with Crippen LogP contribution in [0.3, 0.4) is 0 Å². The number of anilines is 2. The van der Waals surface area contributed by atoms with Gasteiger partial charge in [0.05, 0.1) is 48.6 Å². The van der Waals surface area contributed by atoms with Gasteiger partial charge in [-0.25, -0.2) is 4.68 Å². The number of hydrogen-bond acceptors (Lipinski definition) is 8. The van der Waals surface area contributed by atoms with E-state index in [0.717, 1.165) is 11.3 Å². The molecule has 4 N–H and O–H groups in total. The van der Waals surface area contributed by atoms with Crippen molar-refractivity contribution in [1.82, 2.24) is 24.8 Å². The van der Waals surface area contributed by atoms with Crippen molar-refractivity contribution in [2.75, 3.05) is 37.8 Å². The first-order valence-electron chi connectivity index (χ1n) is 14.1. The summed E-state index contributed by atoms with van der Waals surface area (Å²) in [6, 6.07) is 14.4. The first-order valence-corrected chi connectivity index (χ1v) is 14.1. The molecule has 3 aromatic rings. The molecule has 41 heavy (non-hydrogen) atoms. The van der Waals surface area contributed by atoms with E-state index in [1.54, 1.807) is 40.0 Å². The van der Waals surface area contributed by atoms with Crippen LogP contribution in [0.25, 0.3) is 0 Å². The highest BCUT2D eigenvalue weighted by atomic mass is 16.5. The molecule has 3 atom stereocenters. The van der Waals surface area contributed by atoms with Crippen LogP contribution in [0.5, 0.6) is 0 Å². The van der Waals surface area contributed by atoms with Crippen molar-refractivity contribution in [3.05, 3.63) is 71.5 Å². The van der Waals surface area contributed by atoms with Gasteiger partial charge in [-0.05, 0) is 50.2 Å². The van der Waals surface area contributed by atoms with Gasteiger partial charge in [-0.2, -0.15) is 0 Å². The standard InChI is InChI=1S/C30H41N7O4/c1-21-16-36(22(2)19-38)29(39)9-6-14-37-25(15-32-34-37)20-41-28(21)18-35(3)17-23-10-12-24(13-11-23)30(40)33-27-8-5-4-7-26(27)31/h4-5,7-8,10-13,15,21-22,28,38H,6,9,14,16-20,31H2,1-3H3,(H,33,40)/t21-,22+,28+/m0/s1. The van der Waals surface area contributed by atoms with E-state index < -0.39 is 0 Å². The van der Waals surface area contributed by atoms with Gasteiger partial charge in [-0.15, -0.1) is 5.10 Å². The number of benzene rings is 2. The van der Waals surface area contributed by atoms with E-state index in [2.05, 4.69) is 27.5 Å². The maximum absolute atomic E-state index is 13.1. The van der Waals surface area contributed by atoms with Crippen molar-refractivity contribution < 1.29 is 19.4 Å². The molecular weight excluding hydrogens is 522 g/mol. The number of nitrogens with two attached hydrogens (primary N) is 1. The van der Waals surface area contributed by atoms with E-state index in [0.29, 0.717) is 62.6 Å². The number of amides is 2. The molecule has 0 aliphatic carbocycles. The van der Waals surface area contributed by atoms with Crippen LogP contribution in [0.15, 0.2) is 54.7 Å². The normalized spacial score (nSPS) is 19.2. The fraction of sp³-hybridized carbons (Fsp3) is 0.467. The Labute approximate surface area is 241 Å². The Morgan fingerprint density at radius 3 is 2.73 bits per heavy atom. The lowest BCUT2D eigenvalue weighted by Gasteiger charge is -2.35. The number of aryl methyl sites for hydroxylation is 1. The van der Waals surface area contributed by atoms with Gasteiger partial charge < -0.3 is 25.8 Å². The Hall–Kier alpha value is -3.80. The van der Waals surface area contributed by atoms with Crippen LogP contribution in [0.4, 0.5) is 11.4 Å². The minimum Gasteiger partial charge on any atom is -0.397 e. The van der Waals surface area contributed by atoms with E-state index in [9.17, 15) is 14.7 Å². The molecule has 220 valence electrons. The van der Waals surface area contributed by atoms with Crippen molar-refractivity contribution in [3.63, 3.8) is 0 Å². The summed E-state index contributed by atoms with van der Waals surface area (Å²) >= 11 is 0. The molecule has 2 amide bonds. The molecule has 2 aromatic carbocycles. The zero-order chi connectivity index (χ0) is 29.4. The molecule has 0 saturated heterocycles. The van der Waals surface area contributed by atoms with Crippen LogP contribution in [-0.2, 0) is 29.2 Å². The van der Waals surface area contributed by atoms with E-state index in [-0.39, 0.29) is 36.5 Å². The lowest BCUT2D eigenvalue weighted by atomic mass is 10.0. The van der Waals surface area contributed by atoms with Crippen LogP contribution < -0.4 is 11.1 Å². The average Bonchev–Trinajstić information content (AvgIpc) is 3.41. The molecule has 11 nitrogen and oxygen atoms in total. The van der Waals surface area contributed by atoms with Gasteiger partial charge >= 0.3 is 0 Å². The fourth-order valence-corrected chi connectivity index (χ4v) is 5.00. The Morgan fingerprint density at radius 1 is 1.24 bits per heavy atom. The number of nitrogens with one attached hydrogen (secondary N) is 1. The van der Waals surface area contributed by atoms with Crippen LogP contribution in [0.1, 0.15) is 48.3 Å². The number of likely N-dealkylation sites (N-methyl/N-ethyl adjacent to an activating group) is 1. The maximum Gasteiger partial charge on any atom is 0.255 e. The predicted molar refractivity (Wildman–Crippen MR) is 157 cm³/mol. The van der Waals surface area contributed by atoms with Crippen LogP contribution in [0.2, 0.25) is 0 Å². The Balaban J connectivity index is 1.42. The third-order valence-corrected chi connectivity index (χ3v) is 7.51. The summed E-state index contributed by atoms with van der Waals surface area (Å²) in [5, 5.41) is 20.9. The van der Waals surface area contributed by atoms with Crippen molar-refractivity contribution in [2.45, 2.75) is 58.5 Å². The quantitative estimate of drug-likeness (QED) is 0.356. The monoisotopic (exact) mass is 563 g/mol. The SMILES string of the molecule is C[C@H](CO)N1C[C@H](C)[C@@H](CN(C)Cc2ccc(C(=O)Nc3ccccc3N)cc2)OCc2cnnn2CCCC1=O. The first-order chi connectivity index (χ1) is 19.7. The molecule has 11 heteroatoms. The molecule has 0 saturated carbocycles. The summed E-state index contributed by atoms with van der Waals surface area (Å²) in [4.78, 5) is 29.7. The third kappa shape index (κ3) is 8.12. The molecule has 4 rings (SSSR count). The van der Waals surface area contributed by atoms with E-state index in [1.807, 2.05) is 38.2 Å². The van der Waals surface area contributed by atoms with Crippen molar-refractivity contribution in [3.8, 4) is 0 Å². The summed E-state index contributed by atoms with van der Waals surface area (Å²) in [6.45, 7) is 6.57. The number of hydrogen-bond donors (Lipinski definition) is 3. The number of para-hydroxylation sites is 2. The summed E-state index contributed by atoms with van der Waals surface area (Å²) in [7, 11) is 2.02. The zero-order valence-corrected chi connectivity index (χ0v) is 24.1. The molecule has 0 unspecified atom stereocenters. The predicted octanol–water partition coefficient (Wildman–Crippen LogP) is 2.77. The largest absolute Gasteiger partial charge is 0.397 e. The van der Waals surface area contributed by atoms with Gasteiger partial charge in [0.15, 0.2) is 0 Å². The highest BCUT2D eigenvalue weighted by Crippen LogP contribution is 2.20. The number of carbonyl (C=O) groups is 2. The van der Waals surface area contributed by atoms with Gasteiger partial charge in [0.25, 0.3) is 5.91 Å². The number of nitrogens with zero attached hydrogens (tertiary/aromatic N) is 5. The van der Waals surface area contributed by atoms with Gasteiger partial charge in [0.2, 0.25) is 5.91 Å². The summed E-state index contributed by atoms with van der Waals surface area (Å²) < 4.78 is 8.22. The number of aliphatic hydroxyl groups excluding tert-OH is 1. The fourth-order valence-electron chi connectivity index (χ4n) is 5.00. The van der Waals surface area contributed by atoms with E-state index in [1.165, 1.54) is 0 Å². The number of carbonyl (C=O) groups excluding carboxylic acids is 2. The maximum atomic E-state index is 13.1. The second-order valence-electron chi connectivity index (χ2n) is 10.9. The molecule has 0 fully saturated rings. The lowest BCUT2D eigenvalue weighted by Crippen LogP contribution is -2.47. The average molecular weight is 564 g/mol. The van der Waals surface area contributed by atoms with Gasteiger partial charge in [0, 0.05) is 44.1 Å². The van der Waals surface area contributed by atoms with Gasteiger partial charge in [-0.1, -0.05) is 36.4 Å². The molecule has 0 radical (unpaired) electrons. The lowest BCUT2D eigenvalue weighted by molar-refractivity contribution is -0.136. The topological polar surface area (TPSA) is 139 Å². The number of ether oxygens (including phenoxy) is 1. The Morgan fingerprint density at radius 2 is 2.00 bits per heavy atom. The van der Waals surface area contributed by atoms with E-state index >= 15 is 0 Å². The number of aromatic nitrogens is 3. The number of nitrogen functional groups attached to an aromatic ring is 1. The van der Waals surface area contributed by atoms with Crippen molar-refractivity contribution in [1.29, 1.82) is 0 Å². The van der Waals surface area contributed by atoms with Gasteiger partial charge in [-0.3, -0.25) is 14.5 Å². The third-order valence-electron chi connectivity index (χ3n) is 7.51. The molecule has 1 aliphatic rings. The molecule has 0 bridgehead atoms. The minimum atomic E-state index is -0.276. The Kier molecular flexibility index (Phi) is 10.4. The number of fused-ring (bicyclic) bond motifs is 1. The summed E-state index contributed by atoms with van der Waals surface area (Å²) in [6.07, 6.45) is 2.55. The van der Waals surface area contributed by atoms with Gasteiger partial charge in [0.1, 0.15) is 0 Å². The minimum absolute atomic E-state index is 0.00986. The van der Waals surface area contributed by atoms with Crippen LogP contribution in [0, 0.1) is 5.92 Å². The van der Waals surface area contributed by atoms with Crippen molar-refractivity contribution in [2.24, 2.45) is 5.92 Å². The Bertz CT molecular complexity index is 1300. The summed E-state index contributed by atoms with van der Waals surface area (Å²) in [5.41, 5.74) is 9.52. The molecular formula is C30H41N7O4. The second-order valence-corrected chi connectivity index (χ2v) is 10.9. The number of aliphatic hydroxyl groups is 1. The molecule has 2 heterocycles. The second kappa shape index (κ2) is 14.2. The highest BCUT2D eigenvalue weighted by molar-refractivity contribution is 6.05. The molecule has 1 aromatic heterocycles. The van der Waals surface area contributed by atoms with E-state index in [4.69, 9.17) is 10.5 Å². The zero-order valence-electron chi connectivity index (χ0n) is 24.1. The summed E-state index contributed by atoms with van der Waals surface area (Å²) in [5.74, 6) is -0.189. The van der Waals surface area contributed by atoms with Crippen molar-refractivity contribution >= 4 is 23.2 Å².